The zero-order valence-corrected chi connectivity index (χ0v) is 13.1. The molecule has 0 bridgehead atoms. The van der Waals surface area contributed by atoms with E-state index in [2.05, 4.69) is 16.9 Å². The maximum atomic E-state index is 11.1. The number of amides is 1. The van der Waals surface area contributed by atoms with Crippen LogP contribution in [0.4, 0.5) is 0 Å². The summed E-state index contributed by atoms with van der Waals surface area (Å²) in [5.74, 6) is 0.273. The molecule has 0 saturated heterocycles. The Kier molecular flexibility index (Phi) is 6.07. The molecule has 4 heteroatoms. The molecule has 1 aromatic carbocycles. The number of unbranched alkanes of at least 4 members (excludes halogenated alkanes) is 4. The van der Waals surface area contributed by atoms with Crippen LogP contribution in [0.3, 0.4) is 0 Å². The van der Waals surface area contributed by atoms with Gasteiger partial charge in [0.1, 0.15) is 0 Å². The summed E-state index contributed by atoms with van der Waals surface area (Å²) in [6, 6.07) is 9.05. The van der Waals surface area contributed by atoms with E-state index in [-0.39, 0.29) is 0 Å². The SMILES string of the molecule is CCCCCCCc1ccnc(-c2ccc(C(N)=O)cc2)n1. The predicted molar refractivity (Wildman–Crippen MR) is 88.4 cm³/mol. The minimum atomic E-state index is -0.423. The molecule has 116 valence electrons. The summed E-state index contributed by atoms with van der Waals surface area (Å²) < 4.78 is 0. The van der Waals surface area contributed by atoms with Crippen molar-refractivity contribution in [2.75, 3.05) is 0 Å². The molecule has 0 fully saturated rings. The van der Waals surface area contributed by atoms with Gasteiger partial charge in [0.25, 0.3) is 0 Å². The van der Waals surface area contributed by atoms with Crippen molar-refractivity contribution in [2.45, 2.75) is 45.4 Å². The zero-order chi connectivity index (χ0) is 15.8. The van der Waals surface area contributed by atoms with Crippen molar-refractivity contribution in [3.63, 3.8) is 0 Å². The van der Waals surface area contributed by atoms with Gasteiger partial charge in [-0.15, -0.1) is 0 Å². The van der Waals surface area contributed by atoms with E-state index in [1.165, 1.54) is 25.7 Å². The monoisotopic (exact) mass is 297 g/mol. The number of aromatic nitrogens is 2. The highest BCUT2D eigenvalue weighted by molar-refractivity contribution is 5.93. The van der Waals surface area contributed by atoms with Gasteiger partial charge in [-0.25, -0.2) is 9.97 Å². The molecule has 0 spiro atoms. The molecule has 0 aliphatic carbocycles. The first-order valence-electron chi connectivity index (χ1n) is 7.93. The molecule has 2 aromatic rings. The third-order valence-electron chi connectivity index (χ3n) is 3.68. The van der Waals surface area contributed by atoms with Crippen molar-refractivity contribution < 1.29 is 4.79 Å². The number of nitrogens with two attached hydrogens (primary N) is 1. The average Bonchev–Trinajstić information content (AvgIpc) is 2.55. The van der Waals surface area contributed by atoms with E-state index in [1.807, 2.05) is 18.2 Å². The van der Waals surface area contributed by atoms with Crippen LogP contribution in [0.5, 0.6) is 0 Å². The normalized spacial score (nSPS) is 10.6. The Labute approximate surface area is 131 Å². The van der Waals surface area contributed by atoms with E-state index >= 15 is 0 Å². The highest BCUT2D eigenvalue weighted by Gasteiger charge is 2.05. The van der Waals surface area contributed by atoms with Crippen LogP contribution < -0.4 is 5.73 Å². The molecule has 0 atom stereocenters. The second-order valence-corrected chi connectivity index (χ2v) is 5.48. The molecule has 0 radical (unpaired) electrons. The highest BCUT2D eigenvalue weighted by atomic mass is 16.1. The van der Waals surface area contributed by atoms with E-state index in [0.29, 0.717) is 11.4 Å². The van der Waals surface area contributed by atoms with Crippen LogP contribution in [0.15, 0.2) is 36.5 Å². The van der Waals surface area contributed by atoms with E-state index < -0.39 is 5.91 Å². The molecule has 0 unspecified atom stereocenters. The smallest absolute Gasteiger partial charge is 0.248 e. The first kappa shape index (κ1) is 16.1. The highest BCUT2D eigenvalue weighted by Crippen LogP contribution is 2.16. The minimum Gasteiger partial charge on any atom is -0.366 e. The number of aryl methyl sites for hydroxylation is 1. The first-order valence-corrected chi connectivity index (χ1v) is 7.93. The number of rotatable bonds is 8. The lowest BCUT2D eigenvalue weighted by Crippen LogP contribution is -2.10. The summed E-state index contributed by atoms with van der Waals surface area (Å²) in [4.78, 5) is 20.0. The Bertz CT molecular complexity index is 608. The van der Waals surface area contributed by atoms with Crippen molar-refractivity contribution in [2.24, 2.45) is 5.73 Å². The summed E-state index contributed by atoms with van der Waals surface area (Å²) in [6.07, 6.45) is 9.06. The van der Waals surface area contributed by atoms with Crippen LogP contribution in [-0.2, 0) is 6.42 Å². The molecule has 4 nitrogen and oxygen atoms in total. The van der Waals surface area contributed by atoms with Crippen LogP contribution in [0, 0.1) is 0 Å². The van der Waals surface area contributed by atoms with E-state index in [9.17, 15) is 4.79 Å². The second kappa shape index (κ2) is 8.27. The summed E-state index contributed by atoms with van der Waals surface area (Å²) in [5, 5.41) is 0. The largest absolute Gasteiger partial charge is 0.366 e. The van der Waals surface area contributed by atoms with Crippen LogP contribution in [0.2, 0.25) is 0 Å². The van der Waals surface area contributed by atoms with Crippen molar-refractivity contribution in [3.8, 4) is 11.4 Å². The quantitative estimate of drug-likeness (QED) is 0.754. The Hall–Kier alpha value is -2.23. The van der Waals surface area contributed by atoms with E-state index in [4.69, 9.17) is 5.73 Å². The maximum Gasteiger partial charge on any atom is 0.248 e. The van der Waals surface area contributed by atoms with E-state index in [0.717, 1.165) is 24.1 Å². The number of primary amides is 1. The number of carbonyl (C=O) groups is 1. The van der Waals surface area contributed by atoms with E-state index in [1.54, 1.807) is 18.3 Å². The van der Waals surface area contributed by atoms with Gasteiger partial charge in [-0.3, -0.25) is 4.79 Å². The average molecular weight is 297 g/mol. The van der Waals surface area contributed by atoms with Gasteiger partial charge in [0, 0.05) is 23.0 Å². The lowest BCUT2D eigenvalue weighted by molar-refractivity contribution is 0.100. The number of carbonyl (C=O) groups excluding carboxylic acids is 1. The number of hydrogen-bond donors (Lipinski definition) is 1. The van der Waals surface area contributed by atoms with Gasteiger partial charge in [0.05, 0.1) is 0 Å². The van der Waals surface area contributed by atoms with Crippen LogP contribution in [-0.4, -0.2) is 15.9 Å². The fourth-order valence-corrected chi connectivity index (χ4v) is 2.37. The molecule has 0 aliphatic heterocycles. The van der Waals surface area contributed by atoms with Gasteiger partial charge in [0.15, 0.2) is 5.82 Å². The van der Waals surface area contributed by atoms with Gasteiger partial charge in [0.2, 0.25) is 5.91 Å². The molecular weight excluding hydrogens is 274 g/mol. The number of hydrogen-bond acceptors (Lipinski definition) is 3. The van der Waals surface area contributed by atoms with Crippen LogP contribution in [0.25, 0.3) is 11.4 Å². The fraction of sp³-hybridized carbons (Fsp3) is 0.389. The Morgan fingerprint density at radius 2 is 1.77 bits per heavy atom. The van der Waals surface area contributed by atoms with Gasteiger partial charge in [-0.1, -0.05) is 44.7 Å². The summed E-state index contributed by atoms with van der Waals surface area (Å²) in [7, 11) is 0. The Morgan fingerprint density at radius 1 is 1.05 bits per heavy atom. The third kappa shape index (κ3) is 4.65. The molecule has 1 aromatic heterocycles. The molecule has 1 amide bonds. The third-order valence-corrected chi connectivity index (χ3v) is 3.68. The molecule has 1 heterocycles. The van der Waals surface area contributed by atoms with Gasteiger partial charge >= 0.3 is 0 Å². The van der Waals surface area contributed by atoms with Crippen molar-refractivity contribution >= 4 is 5.91 Å². The lowest BCUT2D eigenvalue weighted by atomic mass is 10.1. The minimum absolute atomic E-state index is 0.423. The number of nitrogens with zero attached hydrogens (tertiary/aromatic N) is 2. The molecule has 2 rings (SSSR count). The lowest BCUT2D eigenvalue weighted by Gasteiger charge is -2.05. The summed E-state index contributed by atoms with van der Waals surface area (Å²) >= 11 is 0. The zero-order valence-electron chi connectivity index (χ0n) is 13.1. The second-order valence-electron chi connectivity index (χ2n) is 5.48. The summed E-state index contributed by atoms with van der Waals surface area (Å²) in [6.45, 7) is 2.22. The van der Waals surface area contributed by atoms with Gasteiger partial charge in [-0.05, 0) is 31.0 Å². The molecule has 0 aliphatic rings. The van der Waals surface area contributed by atoms with Crippen LogP contribution in [0.1, 0.15) is 55.1 Å². The fourth-order valence-electron chi connectivity index (χ4n) is 2.37. The van der Waals surface area contributed by atoms with Crippen LogP contribution >= 0.6 is 0 Å². The van der Waals surface area contributed by atoms with Crippen molar-refractivity contribution in [3.05, 3.63) is 47.8 Å². The van der Waals surface area contributed by atoms with Crippen molar-refractivity contribution in [1.29, 1.82) is 0 Å². The van der Waals surface area contributed by atoms with Gasteiger partial charge in [-0.2, -0.15) is 0 Å². The van der Waals surface area contributed by atoms with Gasteiger partial charge < -0.3 is 5.73 Å². The standard InChI is InChI=1S/C18H23N3O/c1-2-3-4-5-6-7-16-12-13-20-18(21-16)15-10-8-14(9-11-15)17(19)22/h8-13H,2-7H2,1H3,(H2,19,22). The first-order chi connectivity index (χ1) is 10.7. The molecular formula is C18H23N3O. The Balaban J connectivity index is 2.00. The Morgan fingerprint density at radius 3 is 2.45 bits per heavy atom. The number of benzene rings is 1. The molecule has 0 saturated carbocycles. The summed E-state index contributed by atoms with van der Waals surface area (Å²) in [5.41, 5.74) is 7.71. The predicted octanol–water partition coefficient (Wildman–Crippen LogP) is 3.76. The van der Waals surface area contributed by atoms with Crippen molar-refractivity contribution in [1.82, 2.24) is 9.97 Å². The topological polar surface area (TPSA) is 68.9 Å². The maximum absolute atomic E-state index is 11.1. The molecule has 2 N–H and O–H groups in total. The molecule has 22 heavy (non-hydrogen) atoms.